The summed E-state index contributed by atoms with van der Waals surface area (Å²) in [5.41, 5.74) is 5.90. The van der Waals surface area contributed by atoms with Gasteiger partial charge in [-0.15, -0.1) is 11.3 Å². The van der Waals surface area contributed by atoms with E-state index in [-0.39, 0.29) is 49.0 Å². The highest BCUT2D eigenvalue weighted by molar-refractivity contribution is 7.13. The fourth-order valence-corrected chi connectivity index (χ4v) is 9.51. The molecule has 3 aromatic carbocycles. The molecule has 2 N–H and O–H groups in total. The SMILES string of the molecule is O=C1CCC(N2Cc3cc(CN4CCC(N5CCN(c6ccc(-c7cc(F)c8c(c7)C(=O)N(CC(=O)Nc7nccs7)C8)cc6)CC5)CC4)ccc3C2=O)C(=O)N1. The van der Waals surface area contributed by atoms with Crippen molar-refractivity contribution >= 4 is 51.7 Å². The Morgan fingerprint density at radius 3 is 2.39 bits per heavy atom. The number of nitrogens with one attached hydrogen (secondary N) is 2. The van der Waals surface area contributed by atoms with Crippen LogP contribution in [0.1, 0.15) is 63.1 Å². The van der Waals surface area contributed by atoms with Crippen LogP contribution in [0.5, 0.6) is 0 Å². The van der Waals surface area contributed by atoms with Crippen LogP contribution in [0.3, 0.4) is 0 Å². The Hall–Kier alpha value is -5.51. The van der Waals surface area contributed by atoms with Crippen LogP contribution in [-0.2, 0) is 34.0 Å². The molecule has 0 bridgehead atoms. The molecule has 0 radical (unpaired) electrons. The summed E-state index contributed by atoms with van der Waals surface area (Å²) in [5.74, 6) is -2.01. The molecule has 9 rings (SSSR count). The predicted molar refractivity (Wildman–Crippen MR) is 212 cm³/mol. The molecular formula is C42H43FN8O5S. The smallest absolute Gasteiger partial charge is 0.255 e. The maximum Gasteiger partial charge on any atom is 0.255 e. The Balaban J connectivity index is 0.745. The van der Waals surface area contributed by atoms with Gasteiger partial charge in [0, 0.05) is 85.7 Å². The lowest BCUT2D eigenvalue weighted by atomic mass is 9.99. The van der Waals surface area contributed by atoms with Gasteiger partial charge in [-0.2, -0.15) is 0 Å². The standard InChI is InChI=1S/C42H43FN8O5S/c43-35-21-28(20-33-34(35)24-50(40(33)55)25-38(53)46-42-44-11-18-57-42)27-2-4-30(5-3-27)48-14-16-49(17-15-48)31-9-12-47(13-10-31)22-26-1-6-32-29(19-26)23-51(41(32)56)36-7-8-37(52)45-39(36)54/h1-6,11,18-21,31,36H,7-10,12-17,22-25H2,(H,44,46,53)(H,45,52,54). The van der Waals surface area contributed by atoms with Crippen molar-refractivity contribution in [1.29, 1.82) is 0 Å². The van der Waals surface area contributed by atoms with Gasteiger partial charge in [0.2, 0.25) is 17.7 Å². The number of piperidine rings is 2. The number of hydrogen-bond donors (Lipinski definition) is 2. The Morgan fingerprint density at radius 1 is 0.860 bits per heavy atom. The van der Waals surface area contributed by atoms with Crippen molar-refractivity contribution in [3.05, 3.63) is 99.8 Å². The summed E-state index contributed by atoms with van der Waals surface area (Å²) >= 11 is 1.29. The van der Waals surface area contributed by atoms with Gasteiger partial charge in [-0.1, -0.05) is 24.3 Å². The first-order valence-corrected chi connectivity index (χ1v) is 20.4. The Bertz CT molecular complexity index is 2230. The molecule has 0 saturated carbocycles. The molecule has 0 aliphatic carbocycles. The van der Waals surface area contributed by atoms with E-state index in [1.807, 2.05) is 24.3 Å². The number of carbonyl (C=O) groups is 5. The van der Waals surface area contributed by atoms with Gasteiger partial charge in [0.05, 0.1) is 6.54 Å². The highest BCUT2D eigenvalue weighted by Gasteiger charge is 2.39. The van der Waals surface area contributed by atoms with Crippen molar-refractivity contribution in [3.8, 4) is 11.1 Å². The molecule has 15 heteroatoms. The van der Waals surface area contributed by atoms with Gasteiger partial charge < -0.3 is 20.0 Å². The highest BCUT2D eigenvalue weighted by atomic mass is 32.1. The van der Waals surface area contributed by atoms with E-state index in [1.54, 1.807) is 22.5 Å². The number of piperazine rings is 1. The van der Waals surface area contributed by atoms with Crippen molar-refractivity contribution in [1.82, 2.24) is 29.9 Å². The summed E-state index contributed by atoms with van der Waals surface area (Å²) in [6, 6.07) is 17.2. The molecule has 6 heterocycles. The van der Waals surface area contributed by atoms with E-state index in [1.165, 1.54) is 22.3 Å². The maximum atomic E-state index is 15.3. The molecule has 3 fully saturated rings. The highest BCUT2D eigenvalue weighted by Crippen LogP contribution is 2.33. The summed E-state index contributed by atoms with van der Waals surface area (Å²) in [6.07, 6.45) is 4.38. The molecule has 5 aliphatic rings. The number of anilines is 2. The van der Waals surface area contributed by atoms with Crippen LogP contribution in [0.4, 0.5) is 15.2 Å². The van der Waals surface area contributed by atoms with Crippen molar-refractivity contribution < 1.29 is 28.4 Å². The van der Waals surface area contributed by atoms with Crippen molar-refractivity contribution in [2.75, 3.05) is 56.0 Å². The van der Waals surface area contributed by atoms with Gasteiger partial charge in [0.25, 0.3) is 11.8 Å². The molecule has 294 valence electrons. The third-order valence-corrected chi connectivity index (χ3v) is 12.7. The van der Waals surface area contributed by atoms with E-state index in [9.17, 15) is 24.0 Å². The summed E-state index contributed by atoms with van der Waals surface area (Å²) in [7, 11) is 0. The number of aromatic nitrogens is 1. The number of thiazole rings is 1. The summed E-state index contributed by atoms with van der Waals surface area (Å²) in [5, 5.41) is 7.24. The number of imide groups is 1. The van der Waals surface area contributed by atoms with E-state index >= 15 is 4.39 Å². The van der Waals surface area contributed by atoms with E-state index < -0.39 is 11.9 Å². The van der Waals surface area contributed by atoms with E-state index in [0.29, 0.717) is 46.4 Å². The van der Waals surface area contributed by atoms with Gasteiger partial charge in [0.15, 0.2) is 5.13 Å². The quantitative estimate of drug-likeness (QED) is 0.240. The third-order valence-electron chi connectivity index (χ3n) is 12.0. The molecule has 1 atom stereocenters. The van der Waals surface area contributed by atoms with Gasteiger partial charge in [-0.3, -0.25) is 39.1 Å². The molecule has 3 saturated heterocycles. The molecule has 5 aliphatic heterocycles. The predicted octanol–water partition coefficient (Wildman–Crippen LogP) is 4.09. The van der Waals surface area contributed by atoms with Crippen LogP contribution in [-0.4, -0.2) is 112 Å². The van der Waals surface area contributed by atoms with Gasteiger partial charge in [0.1, 0.15) is 18.4 Å². The Labute approximate surface area is 333 Å². The lowest BCUT2D eigenvalue weighted by molar-refractivity contribution is -0.137. The summed E-state index contributed by atoms with van der Waals surface area (Å²) in [6.45, 7) is 6.86. The van der Waals surface area contributed by atoms with Crippen molar-refractivity contribution in [2.45, 2.75) is 57.4 Å². The number of likely N-dealkylation sites (tertiary alicyclic amines) is 1. The van der Waals surface area contributed by atoms with Crippen molar-refractivity contribution in [3.63, 3.8) is 0 Å². The Morgan fingerprint density at radius 2 is 1.65 bits per heavy atom. The van der Waals surface area contributed by atoms with Gasteiger partial charge in [-0.05, 0) is 84.9 Å². The van der Waals surface area contributed by atoms with Crippen LogP contribution in [0, 0.1) is 5.82 Å². The fourth-order valence-electron chi connectivity index (χ4n) is 8.97. The number of nitrogens with zero attached hydrogens (tertiary/aromatic N) is 6. The molecule has 1 unspecified atom stereocenters. The van der Waals surface area contributed by atoms with Crippen LogP contribution in [0.25, 0.3) is 11.1 Å². The van der Waals surface area contributed by atoms with Gasteiger partial charge in [-0.25, -0.2) is 9.37 Å². The number of carbonyl (C=O) groups excluding carboxylic acids is 5. The second-order valence-electron chi connectivity index (χ2n) is 15.5. The molecule has 0 spiro atoms. The monoisotopic (exact) mass is 790 g/mol. The minimum atomic E-state index is -0.605. The van der Waals surface area contributed by atoms with Crippen LogP contribution in [0.2, 0.25) is 0 Å². The van der Waals surface area contributed by atoms with E-state index in [0.717, 1.165) is 81.0 Å². The first-order valence-electron chi connectivity index (χ1n) is 19.6. The lowest BCUT2D eigenvalue weighted by Gasteiger charge is -2.43. The first kappa shape index (κ1) is 37.1. The topological polar surface area (TPSA) is 138 Å². The van der Waals surface area contributed by atoms with E-state index in [2.05, 4.69) is 48.5 Å². The number of halogens is 1. The lowest BCUT2D eigenvalue weighted by Crippen LogP contribution is -2.53. The average Bonchev–Trinajstić information content (AvgIpc) is 3.93. The number of amides is 5. The molecule has 4 aromatic rings. The van der Waals surface area contributed by atoms with Gasteiger partial charge >= 0.3 is 0 Å². The fraction of sp³-hybridized carbons (Fsp3) is 0.381. The molecular weight excluding hydrogens is 748 g/mol. The molecule has 13 nitrogen and oxygen atoms in total. The minimum Gasteiger partial charge on any atom is -0.369 e. The van der Waals surface area contributed by atoms with E-state index in [4.69, 9.17) is 0 Å². The zero-order valence-corrected chi connectivity index (χ0v) is 32.2. The van der Waals surface area contributed by atoms with Crippen LogP contribution in [0.15, 0.2) is 66.2 Å². The maximum absolute atomic E-state index is 15.3. The summed E-state index contributed by atoms with van der Waals surface area (Å²) in [4.78, 5) is 77.3. The normalized spacial score (nSPS) is 20.6. The summed E-state index contributed by atoms with van der Waals surface area (Å²) < 4.78 is 15.3. The third kappa shape index (κ3) is 7.54. The Kier molecular flexibility index (Phi) is 10.0. The second kappa shape index (κ2) is 15.4. The average molecular weight is 791 g/mol. The van der Waals surface area contributed by atoms with Crippen LogP contribution < -0.4 is 15.5 Å². The number of benzene rings is 3. The number of hydrogen-bond acceptors (Lipinski definition) is 10. The number of rotatable bonds is 9. The molecule has 5 amide bonds. The minimum absolute atomic E-state index is 0.0465. The van der Waals surface area contributed by atoms with Crippen LogP contribution >= 0.6 is 11.3 Å². The zero-order valence-electron chi connectivity index (χ0n) is 31.4. The largest absolute Gasteiger partial charge is 0.369 e. The molecule has 1 aromatic heterocycles. The molecule has 57 heavy (non-hydrogen) atoms. The van der Waals surface area contributed by atoms with Crippen molar-refractivity contribution in [2.24, 2.45) is 0 Å². The number of fused-ring (bicyclic) bond motifs is 2. The second-order valence-corrected chi connectivity index (χ2v) is 16.4. The first-order chi connectivity index (χ1) is 27.7. The zero-order chi connectivity index (χ0) is 39.2.